The third-order valence-electron chi connectivity index (χ3n) is 3.73. The first-order valence-electron chi connectivity index (χ1n) is 7.74. The molecule has 4 nitrogen and oxygen atoms in total. The molecule has 1 N–H and O–H groups in total. The minimum atomic E-state index is 0.374. The number of anilines is 1. The Morgan fingerprint density at radius 2 is 2.15 bits per heavy atom. The Hall–Kier alpha value is -0.680. The van der Waals surface area contributed by atoms with Gasteiger partial charge in [0.1, 0.15) is 5.82 Å². The van der Waals surface area contributed by atoms with Gasteiger partial charge in [-0.15, -0.1) is 0 Å². The summed E-state index contributed by atoms with van der Waals surface area (Å²) in [4.78, 5) is 4.56. The topological polar surface area (TPSA) is 47.0 Å². The molecule has 1 aliphatic rings. The van der Waals surface area contributed by atoms with Crippen molar-refractivity contribution in [3.8, 4) is 0 Å². The molecule has 20 heavy (non-hydrogen) atoms. The van der Waals surface area contributed by atoms with Gasteiger partial charge >= 0.3 is 0 Å². The number of nitrogens with one attached hydrogen (secondary N) is 1. The van der Waals surface area contributed by atoms with Crippen molar-refractivity contribution >= 4 is 16.7 Å². The number of rotatable bonds is 6. The highest BCUT2D eigenvalue weighted by Crippen LogP contribution is 2.27. The standard InChI is InChI=1S/C15H27N3OS/c1-10(2)8-13-17-15(20-18-13)16-9-12-6-5-7-19-14(12)11(3)4/h10-12,14H,5-9H2,1-4H3,(H,16,17,18). The molecule has 5 heteroatoms. The molecule has 0 spiro atoms. The van der Waals surface area contributed by atoms with Crippen LogP contribution in [-0.2, 0) is 11.2 Å². The van der Waals surface area contributed by atoms with E-state index in [0.717, 1.165) is 30.5 Å². The summed E-state index contributed by atoms with van der Waals surface area (Å²) in [6.45, 7) is 10.7. The van der Waals surface area contributed by atoms with Crippen molar-refractivity contribution in [2.45, 2.75) is 53.1 Å². The maximum atomic E-state index is 5.93. The summed E-state index contributed by atoms with van der Waals surface area (Å²) >= 11 is 1.48. The van der Waals surface area contributed by atoms with E-state index in [4.69, 9.17) is 4.74 Å². The fraction of sp³-hybridized carbons (Fsp3) is 0.867. The zero-order valence-electron chi connectivity index (χ0n) is 13.1. The summed E-state index contributed by atoms with van der Waals surface area (Å²) in [5.41, 5.74) is 0. The highest BCUT2D eigenvalue weighted by atomic mass is 32.1. The second-order valence-electron chi connectivity index (χ2n) is 6.48. The molecule has 0 aromatic carbocycles. The summed E-state index contributed by atoms with van der Waals surface area (Å²) < 4.78 is 10.3. The highest BCUT2D eigenvalue weighted by molar-refractivity contribution is 7.09. The van der Waals surface area contributed by atoms with E-state index in [1.54, 1.807) is 0 Å². The molecule has 114 valence electrons. The van der Waals surface area contributed by atoms with Gasteiger partial charge in [0.05, 0.1) is 6.10 Å². The number of hydrogen-bond acceptors (Lipinski definition) is 5. The minimum Gasteiger partial charge on any atom is -0.378 e. The van der Waals surface area contributed by atoms with Gasteiger partial charge in [-0.05, 0) is 24.7 Å². The molecular weight excluding hydrogens is 270 g/mol. The van der Waals surface area contributed by atoms with E-state index in [-0.39, 0.29) is 0 Å². The van der Waals surface area contributed by atoms with Crippen LogP contribution in [-0.4, -0.2) is 28.6 Å². The van der Waals surface area contributed by atoms with E-state index in [0.29, 0.717) is 23.9 Å². The molecule has 0 bridgehead atoms. The Bertz CT molecular complexity index is 406. The molecule has 2 atom stereocenters. The Morgan fingerprint density at radius 1 is 1.35 bits per heavy atom. The Morgan fingerprint density at radius 3 is 2.85 bits per heavy atom. The predicted molar refractivity (Wildman–Crippen MR) is 84.2 cm³/mol. The molecule has 1 aliphatic heterocycles. The van der Waals surface area contributed by atoms with Gasteiger partial charge in [0, 0.05) is 37.0 Å². The lowest BCUT2D eigenvalue weighted by atomic mass is 9.87. The first-order chi connectivity index (χ1) is 9.56. The molecule has 1 aromatic rings. The van der Waals surface area contributed by atoms with Gasteiger partial charge < -0.3 is 10.1 Å². The van der Waals surface area contributed by atoms with Crippen LogP contribution in [0.5, 0.6) is 0 Å². The van der Waals surface area contributed by atoms with Crippen molar-refractivity contribution in [1.82, 2.24) is 9.36 Å². The van der Waals surface area contributed by atoms with E-state index < -0.39 is 0 Å². The van der Waals surface area contributed by atoms with Gasteiger partial charge in [-0.1, -0.05) is 27.7 Å². The van der Waals surface area contributed by atoms with Crippen LogP contribution in [0.25, 0.3) is 0 Å². The predicted octanol–water partition coefficient (Wildman–Crippen LogP) is 3.60. The van der Waals surface area contributed by atoms with Gasteiger partial charge in [0.15, 0.2) is 0 Å². The number of aromatic nitrogens is 2. The van der Waals surface area contributed by atoms with Crippen molar-refractivity contribution in [2.75, 3.05) is 18.5 Å². The van der Waals surface area contributed by atoms with Gasteiger partial charge in [0.2, 0.25) is 5.13 Å². The summed E-state index contributed by atoms with van der Waals surface area (Å²) in [5, 5.41) is 4.41. The summed E-state index contributed by atoms with van der Waals surface area (Å²) in [6.07, 6.45) is 3.75. The molecule has 0 radical (unpaired) electrons. The smallest absolute Gasteiger partial charge is 0.202 e. The van der Waals surface area contributed by atoms with Crippen molar-refractivity contribution in [2.24, 2.45) is 17.8 Å². The average molecular weight is 297 g/mol. The monoisotopic (exact) mass is 297 g/mol. The lowest BCUT2D eigenvalue weighted by molar-refractivity contribution is -0.0480. The summed E-state index contributed by atoms with van der Waals surface area (Å²) in [6, 6.07) is 0. The molecule has 0 amide bonds. The second-order valence-corrected chi connectivity index (χ2v) is 7.23. The van der Waals surface area contributed by atoms with Gasteiger partial charge in [0.25, 0.3) is 0 Å². The Kier molecular flexibility index (Phi) is 5.78. The van der Waals surface area contributed by atoms with E-state index >= 15 is 0 Å². The number of nitrogens with zero attached hydrogens (tertiary/aromatic N) is 2. The van der Waals surface area contributed by atoms with Crippen LogP contribution in [0.1, 0.15) is 46.4 Å². The molecule has 1 aromatic heterocycles. The van der Waals surface area contributed by atoms with E-state index in [1.807, 2.05) is 0 Å². The van der Waals surface area contributed by atoms with Gasteiger partial charge in [-0.25, -0.2) is 4.98 Å². The Balaban J connectivity index is 1.85. The van der Waals surface area contributed by atoms with E-state index in [9.17, 15) is 0 Å². The molecule has 2 unspecified atom stereocenters. The third kappa shape index (κ3) is 4.42. The highest BCUT2D eigenvalue weighted by Gasteiger charge is 2.28. The lowest BCUT2D eigenvalue weighted by Crippen LogP contribution is -2.37. The summed E-state index contributed by atoms with van der Waals surface area (Å²) in [7, 11) is 0. The van der Waals surface area contributed by atoms with Gasteiger partial charge in [-0.2, -0.15) is 4.37 Å². The second kappa shape index (κ2) is 7.36. The largest absolute Gasteiger partial charge is 0.378 e. The zero-order chi connectivity index (χ0) is 14.5. The van der Waals surface area contributed by atoms with E-state index in [1.165, 1.54) is 24.4 Å². The van der Waals surface area contributed by atoms with Crippen molar-refractivity contribution in [3.63, 3.8) is 0 Å². The average Bonchev–Trinajstić information content (AvgIpc) is 2.83. The molecule has 2 rings (SSSR count). The maximum absolute atomic E-state index is 5.93. The molecule has 0 aliphatic carbocycles. The quantitative estimate of drug-likeness (QED) is 0.871. The van der Waals surface area contributed by atoms with Crippen LogP contribution >= 0.6 is 11.5 Å². The normalized spacial score (nSPS) is 23.5. The fourth-order valence-electron chi connectivity index (χ4n) is 2.81. The zero-order valence-corrected chi connectivity index (χ0v) is 13.9. The fourth-order valence-corrected chi connectivity index (χ4v) is 3.41. The van der Waals surface area contributed by atoms with Gasteiger partial charge in [-0.3, -0.25) is 0 Å². The summed E-state index contributed by atoms with van der Waals surface area (Å²) in [5.74, 6) is 2.73. The van der Waals surface area contributed by atoms with Crippen LogP contribution in [0, 0.1) is 17.8 Å². The molecule has 0 saturated carbocycles. The lowest BCUT2D eigenvalue weighted by Gasteiger charge is -2.34. The van der Waals surface area contributed by atoms with Crippen LogP contribution in [0.3, 0.4) is 0 Å². The first-order valence-corrected chi connectivity index (χ1v) is 8.51. The van der Waals surface area contributed by atoms with Crippen LogP contribution < -0.4 is 5.32 Å². The van der Waals surface area contributed by atoms with Crippen LogP contribution in [0.15, 0.2) is 0 Å². The van der Waals surface area contributed by atoms with Crippen molar-refractivity contribution < 1.29 is 4.74 Å². The molecular formula is C15H27N3OS. The Labute approximate surface area is 126 Å². The molecule has 1 saturated heterocycles. The number of hydrogen-bond donors (Lipinski definition) is 1. The first kappa shape index (κ1) is 15.7. The number of ether oxygens (including phenoxy) is 1. The molecule has 1 fully saturated rings. The van der Waals surface area contributed by atoms with Crippen molar-refractivity contribution in [1.29, 1.82) is 0 Å². The molecule has 2 heterocycles. The van der Waals surface area contributed by atoms with Crippen LogP contribution in [0.2, 0.25) is 0 Å². The maximum Gasteiger partial charge on any atom is 0.202 e. The SMILES string of the molecule is CC(C)Cc1nsc(NCC2CCCOC2C(C)C)n1. The minimum absolute atomic E-state index is 0.374. The third-order valence-corrected chi connectivity index (χ3v) is 4.44. The van der Waals surface area contributed by atoms with Crippen LogP contribution in [0.4, 0.5) is 5.13 Å². The van der Waals surface area contributed by atoms with Crippen molar-refractivity contribution in [3.05, 3.63) is 5.82 Å². The van der Waals surface area contributed by atoms with E-state index in [2.05, 4.69) is 42.4 Å².